The van der Waals surface area contributed by atoms with Gasteiger partial charge in [-0.15, -0.1) is 0 Å². The van der Waals surface area contributed by atoms with Crippen LogP contribution in [0.3, 0.4) is 0 Å². The van der Waals surface area contributed by atoms with Gasteiger partial charge in [-0.3, -0.25) is 0 Å². The van der Waals surface area contributed by atoms with Crippen molar-refractivity contribution in [3.8, 4) is 0 Å². The van der Waals surface area contributed by atoms with E-state index in [1.165, 1.54) is 18.2 Å². The zero-order chi connectivity index (χ0) is 20.4. The standard InChI is InChI=1S/C19H23F2N3O.C2H6O/c1-24(10-8-15-13-22-9-11-25-15)19-12-14(20)6-7-18(19)23-17-5-3-2-4-16(17)21;1-3-2/h2-7,12,15,22-23H,8-11,13H2,1H3;1-2H3. The molecule has 0 aliphatic carbocycles. The van der Waals surface area contributed by atoms with E-state index in [4.69, 9.17) is 4.74 Å². The number of anilines is 3. The van der Waals surface area contributed by atoms with Crippen LogP contribution in [0.1, 0.15) is 6.42 Å². The van der Waals surface area contributed by atoms with Gasteiger partial charge in [-0.1, -0.05) is 12.1 Å². The van der Waals surface area contributed by atoms with E-state index in [0.29, 0.717) is 30.2 Å². The molecule has 1 aliphatic heterocycles. The van der Waals surface area contributed by atoms with Gasteiger partial charge >= 0.3 is 0 Å². The number of hydrogen-bond acceptors (Lipinski definition) is 5. The zero-order valence-corrected chi connectivity index (χ0v) is 16.7. The van der Waals surface area contributed by atoms with Gasteiger partial charge in [0, 0.05) is 40.9 Å². The number of para-hydroxylation sites is 1. The second-order valence-electron chi connectivity index (χ2n) is 6.58. The highest BCUT2D eigenvalue weighted by atomic mass is 19.1. The average Bonchev–Trinajstić information content (AvgIpc) is 2.70. The van der Waals surface area contributed by atoms with Crippen LogP contribution in [0.15, 0.2) is 42.5 Å². The molecule has 0 aromatic heterocycles. The van der Waals surface area contributed by atoms with Gasteiger partial charge in [-0.2, -0.15) is 0 Å². The first-order chi connectivity index (χ1) is 13.5. The molecule has 154 valence electrons. The van der Waals surface area contributed by atoms with Gasteiger partial charge in [-0.05, 0) is 36.8 Å². The Kier molecular flexibility index (Phi) is 9.13. The number of hydrogen-bond donors (Lipinski definition) is 2. The molecule has 1 fully saturated rings. The fourth-order valence-corrected chi connectivity index (χ4v) is 2.90. The number of nitrogens with one attached hydrogen (secondary N) is 2. The molecule has 1 unspecified atom stereocenters. The number of ether oxygens (including phenoxy) is 2. The van der Waals surface area contributed by atoms with Crippen LogP contribution in [0.4, 0.5) is 25.8 Å². The monoisotopic (exact) mass is 393 g/mol. The van der Waals surface area contributed by atoms with E-state index in [1.807, 2.05) is 11.9 Å². The van der Waals surface area contributed by atoms with Crippen molar-refractivity contribution in [1.82, 2.24) is 5.32 Å². The lowest BCUT2D eigenvalue weighted by atomic mass is 10.2. The van der Waals surface area contributed by atoms with Crippen molar-refractivity contribution in [2.75, 3.05) is 57.7 Å². The summed E-state index contributed by atoms with van der Waals surface area (Å²) in [7, 11) is 5.15. The van der Waals surface area contributed by atoms with Gasteiger partial charge in [0.1, 0.15) is 11.6 Å². The minimum absolute atomic E-state index is 0.160. The van der Waals surface area contributed by atoms with Crippen molar-refractivity contribution in [3.63, 3.8) is 0 Å². The van der Waals surface area contributed by atoms with E-state index in [0.717, 1.165) is 19.5 Å². The van der Waals surface area contributed by atoms with E-state index in [2.05, 4.69) is 15.4 Å². The number of rotatable bonds is 6. The summed E-state index contributed by atoms with van der Waals surface area (Å²) in [6.45, 7) is 3.14. The quantitative estimate of drug-likeness (QED) is 0.782. The highest BCUT2D eigenvalue weighted by Crippen LogP contribution is 2.30. The van der Waals surface area contributed by atoms with Crippen molar-refractivity contribution in [1.29, 1.82) is 0 Å². The Bertz CT molecular complexity index is 725. The Morgan fingerprint density at radius 1 is 1.18 bits per heavy atom. The maximum Gasteiger partial charge on any atom is 0.146 e. The van der Waals surface area contributed by atoms with Crippen molar-refractivity contribution in [2.45, 2.75) is 12.5 Å². The number of benzene rings is 2. The molecule has 0 saturated carbocycles. The highest BCUT2D eigenvalue weighted by molar-refractivity contribution is 5.75. The summed E-state index contributed by atoms with van der Waals surface area (Å²) in [5, 5.41) is 6.36. The maximum absolute atomic E-state index is 13.9. The first-order valence-corrected chi connectivity index (χ1v) is 9.29. The summed E-state index contributed by atoms with van der Waals surface area (Å²) in [5.41, 5.74) is 1.72. The van der Waals surface area contributed by atoms with Crippen LogP contribution in [0.2, 0.25) is 0 Å². The summed E-state index contributed by atoms with van der Waals surface area (Å²) in [6.07, 6.45) is 0.992. The normalized spacial score (nSPS) is 16.1. The molecule has 1 saturated heterocycles. The second-order valence-corrected chi connectivity index (χ2v) is 6.58. The van der Waals surface area contributed by atoms with Crippen LogP contribution in [0, 0.1) is 11.6 Å². The van der Waals surface area contributed by atoms with Crippen LogP contribution in [-0.4, -0.2) is 53.6 Å². The molecule has 1 heterocycles. The minimum atomic E-state index is -0.345. The SMILES string of the molecule is CN(CCC1CNCCO1)c1cc(F)ccc1Nc1ccccc1F.COC. The molecule has 1 aliphatic rings. The molecular weight excluding hydrogens is 364 g/mol. The van der Waals surface area contributed by atoms with Gasteiger partial charge < -0.3 is 25.0 Å². The predicted molar refractivity (Wildman–Crippen MR) is 110 cm³/mol. The van der Waals surface area contributed by atoms with Gasteiger partial charge in [0.15, 0.2) is 0 Å². The molecule has 28 heavy (non-hydrogen) atoms. The topological polar surface area (TPSA) is 45.8 Å². The Morgan fingerprint density at radius 2 is 1.93 bits per heavy atom. The maximum atomic E-state index is 13.9. The Hall–Kier alpha value is -2.22. The fraction of sp³-hybridized carbons (Fsp3) is 0.429. The second kappa shape index (κ2) is 11.6. The fourth-order valence-electron chi connectivity index (χ4n) is 2.90. The molecule has 0 amide bonds. The van der Waals surface area contributed by atoms with Crippen LogP contribution < -0.4 is 15.5 Å². The Morgan fingerprint density at radius 3 is 2.61 bits per heavy atom. The Labute approximate surface area is 165 Å². The van der Waals surface area contributed by atoms with Crippen molar-refractivity contribution in [2.24, 2.45) is 0 Å². The Balaban J connectivity index is 0.000000878. The molecule has 5 nitrogen and oxygen atoms in total. The van der Waals surface area contributed by atoms with E-state index in [-0.39, 0.29) is 17.7 Å². The van der Waals surface area contributed by atoms with E-state index >= 15 is 0 Å². The third-order valence-electron chi connectivity index (χ3n) is 4.31. The molecule has 0 radical (unpaired) electrons. The van der Waals surface area contributed by atoms with E-state index in [1.54, 1.807) is 38.5 Å². The lowest BCUT2D eigenvalue weighted by Crippen LogP contribution is -2.40. The molecule has 2 N–H and O–H groups in total. The van der Waals surface area contributed by atoms with E-state index in [9.17, 15) is 8.78 Å². The number of methoxy groups -OCH3 is 1. The molecule has 2 aromatic rings. The smallest absolute Gasteiger partial charge is 0.146 e. The summed E-state index contributed by atoms with van der Waals surface area (Å²) in [4.78, 5) is 1.96. The molecule has 2 aromatic carbocycles. The molecule has 0 spiro atoms. The van der Waals surface area contributed by atoms with E-state index < -0.39 is 0 Å². The van der Waals surface area contributed by atoms with Crippen molar-refractivity contribution in [3.05, 3.63) is 54.1 Å². The first kappa shape index (κ1) is 22.1. The van der Waals surface area contributed by atoms with Gasteiger partial charge in [-0.25, -0.2) is 8.78 Å². The summed E-state index contributed by atoms with van der Waals surface area (Å²) in [5.74, 6) is -0.668. The summed E-state index contributed by atoms with van der Waals surface area (Å²) in [6, 6.07) is 10.9. The van der Waals surface area contributed by atoms with Gasteiger partial charge in [0.25, 0.3) is 0 Å². The zero-order valence-electron chi connectivity index (χ0n) is 16.7. The third kappa shape index (κ3) is 6.74. The van der Waals surface area contributed by atoms with Crippen LogP contribution in [0.5, 0.6) is 0 Å². The largest absolute Gasteiger partial charge is 0.388 e. The van der Waals surface area contributed by atoms with Crippen LogP contribution in [0.25, 0.3) is 0 Å². The highest BCUT2D eigenvalue weighted by Gasteiger charge is 2.16. The molecule has 3 rings (SSSR count). The number of morpholine rings is 1. The summed E-state index contributed by atoms with van der Waals surface area (Å²) >= 11 is 0. The van der Waals surface area contributed by atoms with Gasteiger partial charge in [0.05, 0.1) is 29.8 Å². The molecule has 0 bridgehead atoms. The molecular formula is C21H29F2N3O2. The predicted octanol–water partition coefficient (Wildman–Crippen LogP) is 3.79. The van der Waals surface area contributed by atoms with Gasteiger partial charge in [0.2, 0.25) is 0 Å². The minimum Gasteiger partial charge on any atom is -0.388 e. The van der Waals surface area contributed by atoms with Crippen molar-refractivity contribution >= 4 is 17.1 Å². The molecule has 7 heteroatoms. The van der Waals surface area contributed by atoms with Crippen molar-refractivity contribution < 1.29 is 18.3 Å². The molecule has 1 atom stereocenters. The lowest BCUT2D eigenvalue weighted by Gasteiger charge is -2.28. The first-order valence-electron chi connectivity index (χ1n) is 9.29. The third-order valence-corrected chi connectivity index (χ3v) is 4.31. The number of nitrogens with zero attached hydrogens (tertiary/aromatic N) is 1. The van der Waals surface area contributed by atoms with Crippen LogP contribution >= 0.6 is 0 Å². The number of halogens is 2. The summed E-state index contributed by atoms with van der Waals surface area (Å²) < 4.78 is 37.6. The lowest BCUT2D eigenvalue weighted by molar-refractivity contribution is 0.0250. The average molecular weight is 393 g/mol. The van der Waals surface area contributed by atoms with Crippen LogP contribution in [-0.2, 0) is 9.47 Å².